The Balaban J connectivity index is 2.84. The summed E-state index contributed by atoms with van der Waals surface area (Å²) in [6.45, 7) is -0.830. The van der Waals surface area contributed by atoms with E-state index in [-0.39, 0.29) is 4.90 Å². The summed E-state index contributed by atoms with van der Waals surface area (Å²) in [6, 6.07) is 3.35. The summed E-state index contributed by atoms with van der Waals surface area (Å²) in [4.78, 5) is 9.84. The van der Waals surface area contributed by atoms with E-state index in [0.29, 0.717) is 0 Å². The molecule has 1 rings (SSSR count). The maximum Gasteiger partial charge on any atom is 0.573 e. The third-order valence-corrected chi connectivity index (χ3v) is 3.20. The maximum atomic E-state index is 11.9. The van der Waals surface area contributed by atoms with Gasteiger partial charge in [-0.15, -0.1) is 13.2 Å². The minimum absolute atomic E-state index is 0.372. The number of rotatable bonds is 5. The molecular formula is C9H8F3NO5S. The van der Waals surface area contributed by atoms with Crippen LogP contribution in [0.2, 0.25) is 0 Å². The van der Waals surface area contributed by atoms with E-state index in [1.807, 2.05) is 0 Å². The van der Waals surface area contributed by atoms with Crippen molar-refractivity contribution in [3.05, 3.63) is 24.3 Å². The lowest BCUT2D eigenvalue weighted by Gasteiger charge is -2.09. The predicted molar refractivity (Wildman–Crippen MR) is 55.9 cm³/mol. The van der Waals surface area contributed by atoms with Gasteiger partial charge >= 0.3 is 12.3 Å². The molecule has 0 amide bonds. The number of carbonyl (C=O) groups is 1. The summed E-state index contributed by atoms with van der Waals surface area (Å²) in [7, 11) is -4.08. The Morgan fingerprint density at radius 1 is 1.26 bits per heavy atom. The number of hydrogen-bond donors (Lipinski definition) is 2. The first-order valence-corrected chi connectivity index (χ1v) is 6.16. The second kappa shape index (κ2) is 5.45. The number of ether oxygens (including phenoxy) is 1. The van der Waals surface area contributed by atoms with E-state index in [0.717, 1.165) is 24.3 Å². The van der Waals surface area contributed by atoms with Crippen LogP contribution in [-0.2, 0) is 14.8 Å². The molecule has 0 bridgehead atoms. The van der Waals surface area contributed by atoms with E-state index in [9.17, 15) is 26.4 Å². The number of hydrogen-bond acceptors (Lipinski definition) is 4. The molecule has 0 heterocycles. The lowest BCUT2D eigenvalue weighted by Crippen LogP contribution is -2.29. The van der Waals surface area contributed by atoms with Crippen LogP contribution in [0, 0.1) is 0 Å². The van der Waals surface area contributed by atoms with Gasteiger partial charge in [0.05, 0.1) is 4.90 Å². The van der Waals surface area contributed by atoms with Gasteiger partial charge in [0.2, 0.25) is 10.0 Å². The molecule has 0 aliphatic heterocycles. The highest BCUT2D eigenvalue weighted by molar-refractivity contribution is 7.89. The summed E-state index contributed by atoms with van der Waals surface area (Å²) >= 11 is 0. The fourth-order valence-electron chi connectivity index (χ4n) is 1.06. The topological polar surface area (TPSA) is 92.7 Å². The summed E-state index contributed by atoms with van der Waals surface area (Å²) in [5.41, 5.74) is 0. The van der Waals surface area contributed by atoms with Gasteiger partial charge in [0.25, 0.3) is 0 Å². The summed E-state index contributed by atoms with van der Waals surface area (Å²) in [5, 5.41) is 8.32. The zero-order valence-electron chi connectivity index (χ0n) is 9.14. The molecule has 0 unspecified atom stereocenters. The lowest BCUT2D eigenvalue weighted by atomic mass is 10.3. The van der Waals surface area contributed by atoms with Gasteiger partial charge in [0, 0.05) is 0 Å². The lowest BCUT2D eigenvalue weighted by molar-refractivity contribution is -0.274. The van der Waals surface area contributed by atoms with Crippen LogP contribution in [0.1, 0.15) is 0 Å². The first-order valence-electron chi connectivity index (χ1n) is 4.67. The average Bonchev–Trinajstić information content (AvgIpc) is 2.25. The number of benzene rings is 1. The van der Waals surface area contributed by atoms with Crippen LogP contribution in [0.5, 0.6) is 5.75 Å². The molecule has 0 fully saturated rings. The van der Waals surface area contributed by atoms with Crippen LogP contribution < -0.4 is 9.46 Å². The van der Waals surface area contributed by atoms with Gasteiger partial charge in [-0.1, -0.05) is 0 Å². The molecule has 1 aromatic carbocycles. The second-order valence-electron chi connectivity index (χ2n) is 3.24. The van der Waals surface area contributed by atoms with E-state index >= 15 is 0 Å². The summed E-state index contributed by atoms with van der Waals surface area (Å²) in [6.07, 6.45) is -4.87. The third kappa shape index (κ3) is 5.14. The van der Waals surface area contributed by atoms with Crippen molar-refractivity contribution in [2.24, 2.45) is 0 Å². The average molecular weight is 299 g/mol. The molecule has 19 heavy (non-hydrogen) atoms. The molecule has 0 aliphatic rings. The summed E-state index contributed by atoms with van der Waals surface area (Å²) < 4.78 is 63.9. The van der Waals surface area contributed by atoms with Gasteiger partial charge in [-0.3, -0.25) is 4.79 Å². The van der Waals surface area contributed by atoms with Gasteiger partial charge in [-0.25, -0.2) is 8.42 Å². The zero-order valence-corrected chi connectivity index (χ0v) is 9.96. The highest BCUT2D eigenvalue weighted by atomic mass is 32.2. The van der Waals surface area contributed by atoms with E-state index in [4.69, 9.17) is 5.11 Å². The number of carboxylic acid groups (broad SMARTS) is 1. The van der Waals surface area contributed by atoms with E-state index < -0.39 is 34.6 Å². The third-order valence-electron chi connectivity index (χ3n) is 1.78. The first-order chi connectivity index (χ1) is 8.60. The Kier molecular flexibility index (Phi) is 4.37. The summed E-state index contributed by atoms with van der Waals surface area (Å²) in [5.74, 6) is -1.97. The SMILES string of the molecule is O=C(O)CNS(=O)(=O)c1ccc(OC(F)(F)F)cc1. The number of halogens is 3. The van der Waals surface area contributed by atoms with Crippen molar-refractivity contribution in [2.75, 3.05) is 6.54 Å². The highest BCUT2D eigenvalue weighted by Gasteiger charge is 2.31. The minimum atomic E-state index is -4.87. The van der Waals surface area contributed by atoms with E-state index in [2.05, 4.69) is 4.74 Å². The molecule has 0 aromatic heterocycles. The zero-order chi connectivity index (χ0) is 14.7. The Morgan fingerprint density at radius 3 is 2.21 bits per heavy atom. The van der Waals surface area contributed by atoms with Crippen LogP contribution in [0.3, 0.4) is 0 Å². The Hall–Kier alpha value is -1.81. The fraction of sp³-hybridized carbons (Fsp3) is 0.222. The quantitative estimate of drug-likeness (QED) is 0.844. The van der Waals surface area contributed by atoms with Crippen molar-refractivity contribution in [1.82, 2.24) is 4.72 Å². The van der Waals surface area contributed by atoms with Gasteiger partial charge in [-0.05, 0) is 24.3 Å². The molecule has 106 valence electrons. The minimum Gasteiger partial charge on any atom is -0.480 e. The molecule has 0 spiro atoms. The first kappa shape index (κ1) is 15.2. The van der Waals surface area contributed by atoms with Crippen molar-refractivity contribution < 1.29 is 36.2 Å². The number of carboxylic acids is 1. The van der Waals surface area contributed by atoms with Crippen molar-refractivity contribution in [3.8, 4) is 5.75 Å². The van der Waals surface area contributed by atoms with Crippen molar-refractivity contribution in [3.63, 3.8) is 0 Å². The Morgan fingerprint density at radius 2 is 1.79 bits per heavy atom. The van der Waals surface area contributed by atoms with Crippen LogP contribution >= 0.6 is 0 Å². The molecule has 6 nitrogen and oxygen atoms in total. The van der Waals surface area contributed by atoms with Gasteiger partial charge in [0.15, 0.2) is 0 Å². The molecule has 0 aliphatic carbocycles. The van der Waals surface area contributed by atoms with Crippen LogP contribution in [0.15, 0.2) is 29.2 Å². The number of nitrogens with one attached hydrogen (secondary N) is 1. The van der Waals surface area contributed by atoms with E-state index in [1.165, 1.54) is 0 Å². The van der Waals surface area contributed by atoms with Crippen LogP contribution in [0.4, 0.5) is 13.2 Å². The van der Waals surface area contributed by atoms with Gasteiger partial charge in [-0.2, -0.15) is 4.72 Å². The second-order valence-corrected chi connectivity index (χ2v) is 5.00. The van der Waals surface area contributed by atoms with Crippen LogP contribution in [-0.4, -0.2) is 32.4 Å². The molecular weight excluding hydrogens is 291 g/mol. The molecule has 0 atom stereocenters. The molecule has 10 heteroatoms. The number of alkyl halides is 3. The maximum absolute atomic E-state index is 11.9. The number of aliphatic carboxylic acids is 1. The molecule has 0 radical (unpaired) electrons. The van der Waals surface area contributed by atoms with Gasteiger partial charge in [0.1, 0.15) is 12.3 Å². The van der Waals surface area contributed by atoms with E-state index in [1.54, 1.807) is 4.72 Å². The van der Waals surface area contributed by atoms with Crippen LogP contribution in [0.25, 0.3) is 0 Å². The fourth-order valence-corrected chi connectivity index (χ4v) is 2.04. The Bertz CT molecular complexity index is 552. The van der Waals surface area contributed by atoms with Crippen molar-refractivity contribution in [2.45, 2.75) is 11.3 Å². The largest absolute Gasteiger partial charge is 0.573 e. The molecule has 0 saturated heterocycles. The Labute approximate surface area is 105 Å². The van der Waals surface area contributed by atoms with Crippen molar-refractivity contribution >= 4 is 16.0 Å². The molecule has 2 N–H and O–H groups in total. The number of sulfonamides is 1. The predicted octanol–water partition coefficient (Wildman–Crippen LogP) is 0.948. The van der Waals surface area contributed by atoms with Gasteiger partial charge < -0.3 is 9.84 Å². The normalized spacial score (nSPS) is 12.2. The highest BCUT2D eigenvalue weighted by Crippen LogP contribution is 2.23. The monoisotopic (exact) mass is 299 g/mol. The smallest absolute Gasteiger partial charge is 0.480 e. The van der Waals surface area contributed by atoms with Crippen molar-refractivity contribution in [1.29, 1.82) is 0 Å². The molecule has 1 aromatic rings. The standard InChI is InChI=1S/C9H8F3NO5S/c10-9(11,12)18-6-1-3-7(4-2-6)19(16,17)13-5-8(14)15/h1-4,13H,5H2,(H,14,15). The molecule has 0 saturated carbocycles.